The first-order chi connectivity index (χ1) is 9.94. The fourth-order valence-corrected chi connectivity index (χ4v) is 2.87. The molecule has 3 N–H and O–H groups in total. The molecular weight excluding hydrogens is 298 g/mol. The Hall–Kier alpha value is -2.16. The van der Waals surface area contributed by atoms with E-state index in [0.29, 0.717) is 5.56 Å². The molecule has 2 rings (SSSR count). The number of furan rings is 1. The predicted octanol–water partition coefficient (Wildman–Crippen LogP) is 0.990. The van der Waals surface area contributed by atoms with Crippen molar-refractivity contribution in [2.45, 2.75) is 11.1 Å². The lowest BCUT2D eigenvalue weighted by atomic mass is 10.1. The summed E-state index contributed by atoms with van der Waals surface area (Å²) in [5.74, 6) is -1.84. The standard InChI is InChI=1S/C13H13NO6S/c15-8-10(9-4-2-1-3-5-9)14-21(18,19)12-7-6-11(20-12)13(16)17/h1-7,10,14-15H,8H2,(H,16,17)/t10-/m0/s1. The Kier molecular flexibility index (Phi) is 4.41. The second-order valence-corrected chi connectivity index (χ2v) is 5.84. The first kappa shape index (κ1) is 15.2. The van der Waals surface area contributed by atoms with Crippen LogP contribution in [0.4, 0.5) is 0 Å². The number of hydrogen-bond acceptors (Lipinski definition) is 5. The highest BCUT2D eigenvalue weighted by Crippen LogP contribution is 2.18. The van der Waals surface area contributed by atoms with E-state index < -0.39 is 39.5 Å². The second-order valence-electron chi connectivity index (χ2n) is 4.19. The summed E-state index contributed by atoms with van der Waals surface area (Å²) in [4.78, 5) is 10.7. The minimum Gasteiger partial charge on any atom is -0.475 e. The van der Waals surface area contributed by atoms with Gasteiger partial charge in [0.15, 0.2) is 0 Å². The molecule has 0 aliphatic carbocycles. The molecule has 21 heavy (non-hydrogen) atoms. The zero-order valence-corrected chi connectivity index (χ0v) is 11.6. The molecule has 0 radical (unpaired) electrons. The van der Waals surface area contributed by atoms with Gasteiger partial charge in [-0.3, -0.25) is 0 Å². The molecule has 0 amide bonds. The Bertz CT molecular complexity index is 722. The Labute approximate surface area is 120 Å². The fourth-order valence-electron chi connectivity index (χ4n) is 1.72. The van der Waals surface area contributed by atoms with E-state index in [4.69, 9.17) is 9.52 Å². The minimum atomic E-state index is -4.07. The molecule has 0 spiro atoms. The maximum Gasteiger partial charge on any atom is 0.371 e. The van der Waals surface area contributed by atoms with Crippen LogP contribution in [0.3, 0.4) is 0 Å². The predicted molar refractivity (Wildman–Crippen MR) is 72.3 cm³/mol. The first-order valence-corrected chi connectivity index (χ1v) is 7.43. The number of aliphatic hydroxyl groups is 1. The van der Waals surface area contributed by atoms with Crippen molar-refractivity contribution in [3.05, 3.63) is 53.8 Å². The van der Waals surface area contributed by atoms with Crippen molar-refractivity contribution in [1.29, 1.82) is 0 Å². The highest BCUT2D eigenvalue weighted by atomic mass is 32.2. The number of carboxylic acids is 1. The molecule has 1 atom stereocenters. The SMILES string of the molecule is O=C(O)c1ccc(S(=O)(=O)N[C@@H](CO)c2ccccc2)o1. The number of aromatic carboxylic acids is 1. The van der Waals surface area contributed by atoms with Crippen molar-refractivity contribution < 1.29 is 27.8 Å². The highest BCUT2D eigenvalue weighted by Gasteiger charge is 2.25. The van der Waals surface area contributed by atoms with Gasteiger partial charge in [-0.05, 0) is 17.7 Å². The molecule has 1 heterocycles. The van der Waals surface area contributed by atoms with Gasteiger partial charge >= 0.3 is 5.97 Å². The van der Waals surface area contributed by atoms with Crippen LogP contribution in [0, 0.1) is 0 Å². The Morgan fingerprint density at radius 3 is 2.38 bits per heavy atom. The van der Waals surface area contributed by atoms with Gasteiger partial charge in [0.2, 0.25) is 10.9 Å². The van der Waals surface area contributed by atoms with Crippen LogP contribution in [-0.4, -0.2) is 31.2 Å². The van der Waals surface area contributed by atoms with Gasteiger partial charge in [-0.25, -0.2) is 13.2 Å². The van der Waals surface area contributed by atoms with E-state index in [-0.39, 0.29) is 0 Å². The van der Waals surface area contributed by atoms with Gasteiger partial charge in [0.1, 0.15) is 0 Å². The zero-order chi connectivity index (χ0) is 15.5. The van der Waals surface area contributed by atoms with Crippen LogP contribution >= 0.6 is 0 Å². The van der Waals surface area contributed by atoms with Crippen LogP contribution < -0.4 is 4.72 Å². The summed E-state index contributed by atoms with van der Waals surface area (Å²) in [6, 6.07) is 9.75. The minimum absolute atomic E-state index is 0.449. The lowest BCUT2D eigenvalue weighted by molar-refractivity contribution is 0.0656. The van der Waals surface area contributed by atoms with Crippen LogP contribution in [0.25, 0.3) is 0 Å². The van der Waals surface area contributed by atoms with E-state index in [0.717, 1.165) is 12.1 Å². The molecule has 0 bridgehead atoms. The summed E-state index contributed by atoms with van der Waals surface area (Å²) < 4.78 is 31.2. The molecule has 2 aromatic rings. The molecule has 1 aromatic heterocycles. The van der Waals surface area contributed by atoms with Gasteiger partial charge in [0, 0.05) is 0 Å². The summed E-state index contributed by atoms with van der Waals surface area (Å²) in [5.41, 5.74) is 0.577. The molecule has 8 heteroatoms. The summed E-state index contributed by atoms with van der Waals surface area (Å²) in [6.07, 6.45) is 0. The smallest absolute Gasteiger partial charge is 0.371 e. The zero-order valence-electron chi connectivity index (χ0n) is 10.8. The average molecular weight is 311 g/mol. The van der Waals surface area contributed by atoms with E-state index in [9.17, 15) is 18.3 Å². The highest BCUT2D eigenvalue weighted by molar-refractivity contribution is 7.89. The third-order valence-electron chi connectivity index (χ3n) is 2.74. The van der Waals surface area contributed by atoms with Crippen molar-refractivity contribution in [2.75, 3.05) is 6.61 Å². The second kappa shape index (κ2) is 6.08. The quantitative estimate of drug-likeness (QED) is 0.732. The third kappa shape index (κ3) is 3.48. The Morgan fingerprint density at radius 2 is 1.86 bits per heavy atom. The summed E-state index contributed by atoms with van der Waals surface area (Å²) >= 11 is 0. The largest absolute Gasteiger partial charge is 0.475 e. The van der Waals surface area contributed by atoms with Crippen LogP contribution in [0.15, 0.2) is 52.0 Å². The van der Waals surface area contributed by atoms with Crippen molar-refractivity contribution in [1.82, 2.24) is 4.72 Å². The van der Waals surface area contributed by atoms with Gasteiger partial charge in [0.05, 0.1) is 12.6 Å². The Morgan fingerprint density at radius 1 is 1.19 bits per heavy atom. The molecule has 0 saturated heterocycles. The van der Waals surface area contributed by atoms with Gasteiger partial charge in [0.25, 0.3) is 10.0 Å². The lowest BCUT2D eigenvalue weighted by Gasteiger charge is -2.15. The molecule has 7 nitrogen and oxygen atoms in total. The van der Waals surface area contributed by atoms with Crippen LogP contribution in [0.2, 0.25) is 0 Å². The topological polar surface area (TPSA) is 117 Å². The van der Waals surface area contributed by atoms with Crippen molar-refractivity contribution in [3.8, 4) is 0 Å². The van der Waals surface area contributed by atoms with Crippen LogP contribution in [0.1, 0.15) is 22.2 Å². The number of carboxylic acid groups (broad SMARTS) is 1. The van der Waals surface area contributed by atoms with Crippen molar-refractivity contribution >= 4 is 16.0 Å². The van der Waals surface area contributed by atoms with Crippen molar-refractivity contribution in [2.24, 2.45) is 0 Å². The number of hydrogen-bond donors (Lipinski definition) is 3. The van der Waals surface area contributed by atoms with Gasteiger partial charge < -0.3 is 14.6 Å². The molecule has 0 aliphatic rings. The Balaban J connectivity index is 2.25. The molecular formula is C13H13NO6S. The summed E-state index contributed by atoms with van der Waals surface area (Å²) in [7, 11) is -4.07. The van der Waals surface area contributed by atoms with Gasteiger partial charge in [-0.2, -0.15) is 4.72 Å². The van der Waals surface area contributed by atoms with Gasteiger partial charge in [-0.1, -0.05) is 30.3 Å². The van der Waals surface area contributed by atoms with E-state index in [2.05, 4.69) is 4.72 Å². The molecule has 0 fully saturated rings. The normalized spacial score (nSPS) is 13.0. The van der Waals surface area contributed by atoms with E-state index in [1.807, 2.05) is 0 Å². The monoisotopic (exact) mass is 311 g/mol. The average Bonchev–Trinajstić information content (AvgIpc) is 2.96. The lowest BCUT2D eigenvalue weighted by Crippen LogP contribution is -2.30. The number of aliphatic hydroxyl groups excluding tert-OH is 1. The molecule has 1 aromatic carbocycles. The third-order valence-corrected chi connectivity index (χ3v) is 4.08. The summed E-state index contributed by atoms with van der Waals surface area (Å²) in [5, 5.41) is 17.5. The summed E-state index contributed by atoms with van der Waals surface area (Å²) in [6.45, 7) is -0.449. The maximum absolute atomic E-state index is 12.1. The molecule has 0 saturated carbocycles. The number of nitrogens with one attached hydrogen (secondary N) is 1. The van der Waals surface area contributed by atoms with Crippen LogP contribution in [-0.2, 0) is 10.0 Å². The van der Waals surface area contributed by atoms with E-state index >= 15 is 0 Å². The number of rotatable bonds is 6. The molecule has 112 valence electrons. The first-order valence-electron chi connectivity index (χ1n) is 5.95. The maximum atomic E-state index is 12.1. The number of benzene rings is 1. The van der Waals surface area contributed by atoms with Crippen LogP contribution in [0.5, 0.6) is 0 Å². The van der Waals surface area contributed by atoms with Gasteiger partial charge in [-0.15, -0.1) is 0 Å². The van der Waals surface area contributed by atoms with E-state index in [1.54, 1.807) is 30.3 Å². The molecule has 0 unspecified atom stereocenters. The van der Waals surface area contributed by atoms with E-state index in [1.165, 1.54) is 0 Å². The molecule has 0 aliphatic heterocycles. The fraction of sp³-hybridized carbons (Fsp3) is 0.154. The van der Waals surface area contributed by atoms with Crippen molar-refractivity contribution in [3.63, 3.8) is 0 Å². The number of carbonyl (C=O) groups is 1. The number of sulfonamides is 1.